The van der Waals surface area contributed by atoms with Gasteiger partial charge in [-0.3, -0.25) is 4.79 Å². The number of carbonyl (C=O) groups excluding carboxylic acids is 1. The van der Waals surface area contributed by atoms with Gasteiger partial charge in [0.1, 0.15) is 0 Å². The molecule has 1 fully saturated rings. The van der Waals surface area contributed by atoms with Crippen LogP contribution in [-0.4, -0.2) is 36.6 Å². The topological polar surface area (TPSA) is 89.0 Å². The first kappa shape index (κ1) is 17.5. The Morgan fingerprint density at radius 3 is 2.39 bits per heavy atom. The first-order valence-electron chi connectivity index (χ1n) is 6.96. The van der Waals surface area contributed by atoms with Crippen LogP contribution in [0.2, 0.25) is 0 Å². The summed E-state index contributed by atoms with van der Waals surface area (Å²) in [6.07, 6.45) is 6.32. The molecule has 6 nitrogen and oxygen atoms in total. The van der Waals surface area contributed by atoms with Crippen LogP contribution in [0.1, 0.15) is 35.9 Å². The Morgan fingerprint density at radius 1 is 1.39 bits per heavy atom. The highest BCUT2D eigenvalue weighted by Gasteiger charge is 2.32. The number of amides is 1. The van der Waals surface area contributed by atoms with Crippen LogP contribution in [0, 0.1) is 5.92 Å². The number of carbonyl (C=O) groups is 1. The van der Waals surface area contributed by atoms with Gasteiger partial charge in [-0.1, -0.05) is 6.08 Å². The Bertz CT molecular complexity index is 708. The minimum Gasteiger partial charge on any atom is -0.345 e. The van der Waals surface area contributed by atoms with E-state index in [1.807, 2.05) is 0 Å². The molecule has 1 N–H and O–H groups in total. The zero-order valence-corrected chi connectivity index (χ0v) is 13.5. The molecule has 1 aromatic heterocycles. The lowest BCUT2D eigenvalue weighted by molar-refractivity contribution is 0.00758. The minimum atomic E-state index is -3.29. The second kappa shape index (κ2) is 6.31. The molecule has 1 heterocycles. The number of hydrogen-bond acceptors (Lipinski definition) is 5. The van der Waals surface area contributed by atoms with E-state index in [4.69, 9.17) is 0 Å². The van der Waals surface area contributed by atoms with Crippen molar-refractivity contribution in [3.63, 3.8) is 0 Å². The Kier molecular flexibility index (Phi) is 4.79. The maximum atomic E-state index is 13.0. The fraction of sp³-hybridized carbons (Fsp3) is 0.500. The van der Waals surface area contributed by atoms with Gasteiger partial charge < -0.3 is 5.32 Å². The van der Waals surface area contributed by atoms with Gasteiger partial charge in [-0.2, -0.15) is 8.78 Å². The molecule has 1 atom stereocenters. The maximum Gasteiger partial charge on any atom is 0.303 e. The summed E-state index contributed by atoms with van der Waals surface area (Å²) in [6.45, 7) is 0.668. The van der Waals surface area contributed by atoms with Crippen molar-refractivity contribution in [3.8, 4) is 0 Å². The Labute approximate surface area is 132 Å². The molecule has 1 aliphatic carbocycles. The van der Waals surface area contributed by atoms with Gasteiger partial charge in [0.25, 0.3) is 5.91 Å². The van der Waals surface area contributed by atoms with Crippen molar-refractivity contribution in [2.75, 3.05) is 6.26 Å². The van der Waals surface area contributed by atoms with Gasteiger partial charge in [0, 0.05) is 31.0 Å². The second-order valence-electron chi connectivity index (χ2n) is 5.68. The summed E-state index contributed by atoms with van der Waals surface area (Å²) < 4.78 is 48.4. The third-order valence-corrected chi connectivity index (χ3v) is 3.92. The van der Waals surface area contributed by atoms with Crippen LogP contribution in [0.3, 0.4) is 0 Å². The highest BCUT2D eigenvalue weighted by atomic mass is 32.2. The highest BCUT2D eigenvalue weighted by molar-refractivity contribution is 7.93. The number of nitrogens with zero attached hydrogens (tertiary/aromatic N) is 2. The summed E-state index contributed by atoms with van der Waals surface area (Å²) in [6, 6.07) is -0.426. The van der Waals surface area contributed by atoms with Gasteiger partial charge in [-0.15, -0.1) is 0 Å². The lowest BCUT2D eigenvalue weighted by Gasteiger charge is -2.14. The van der Waals surface area contributed by atoms with E-state index in [0.717, 1.165) is 36.9 Å². The van der Waals surface area contributed by atoms with Crippen molar-refractivity contribution in [3.05, 3.63) is 35.3 Å². The lowest BCUT2D eigenvalue weighted by atomic mass is 10.1. The van der Waals surface area contributed by atoms with E-state index in [1.54, 1.807) is 0 Å². The molecule has 9 heteroatoms. The molecule has 0 radical (unpaired) electrons. The number of alkyl halides is 2. The van der Waals surface area contributed by atoms with Crippen LogP contribution in [0.15, 0.2) is 23.9 Å². The van der Waals surface area contributed by atoms with Crippen LogP contribution in [0.4, 0.5) is 8.78 Å². The average molecular weight is 345 g/mol. The molecule has 0 spiro atoms. The van der Waals surface area contributed by atoms with Gasteiger partial charge in [0.2, 0.25) is 0 Å². The van der Waals surface area contributed by atoms with E-state index >= 15 is 0 Å². The third-order valence-electron chi connectivity index (χ3n) is 3.27. The van der Waals surface area contributed by atoms with Crippen LogP contribution in [-0.2, 0) is 15.8 Å². The first-order valence-corrected chi connectivity index (χ1v) is 8.91. The molecule has 126 valence electrons. The molecule has 1 aromatic rings. The van der Waals surface area contributed by atoms with Crippen molar-refractivity contribution < 1.29 is 22.0 Å². The Balaban J connectivity index is 2.08. The van der Waals surface area contributed by atoms with Gasteiger partial charge >= 0.3 is 5.92 Å². The van der Waals surface area contributed by atoms with Crippen molar-refractivity contribution in [2.45, 2.75) is 31.7 Å². The normalized spacial score (nSPS) is 17.2. The average Bonchev–Trinajstić information content (AvgIpc) is 3.26. The molecule has 0 aliphatic heterocycles. The predicted molar refractivity (Wildman–Crippen MR) is 79.6 cm³/mol. The van der Waals surface area contributed by atoms with Crippen molar-refractivity contribution >= 4 is 15.7 Å². The number of rotatable bonds is 6. The van der Waals surface area contributed by atoms with E-state index in [1.165, 1.54) is 6.08 Å². The molecular weight excluding hydrogens is 328 g/mol. The molecule has 1 amide bonds. The smallest absolute Gasteiger partial charge is 0.303 e. The van der Waals surface area contributed by atoms with Gasteiger partial charge in [-0.05, 0) is 18.8 Å². The van der Waals surface area contributed by atoms with Crippen molar-refractivity contribution in [2.24, 2.45) is 5.92 Å². The number of halogens is 2. The van der Waals surface area contributed by atoms with Gasteiger partial charge in [0.15, 0.2) is 15.7 Å². The molecule has 2 rings (SSSR count). The number of hydrogen-bond donors (Lipinski definition) is 1. The zero-order chi connectivity index (χ0) is 17.3. The number of sulfone groups is 1. The number of aromatic nitrogens is 2. The molecule has 1 saturated carbocycles. The zero-order valence-electron chi connectivity index (χ0n) is 12.7. The van der Waals surface area contributed by atoms with E-state index in [0.29, 0.717) is 6.92 Å². The van der Waals surface area contributed by atoms with Crippen LogP contribution >= 0.6 is 0 Å². The fourth-order valence-corrected chi connectivity index (χ4v) is 2.37. The monoisotopic (exact) mass is 345 g/mol. The maximum absolute atomic E-state index is 13.0. The molecule has 0 unspecified atom stereocenters. The SMILES string of the molecule is CC(F)(F)c1ncc(C(=O)N[C@H](/C=C/S(C)(=O)=O)C2CC2)cn1. The van der Waals surface area contributed by atoms with Crippen molar-refractivity contribution in [1.82, 2.24) is 15.3 Å². The lowest BCUT2D eigenvalue weighted by Crippen LogP contribution is -2.35. The summed E-state index contributed by atoms with van der Waals surface area (Å²) >= 11 is 0. The van der Waals surface area contributed by atoms with E-state index in [-0.39, 0.29) is 11.5 Å². The standard InChI is InChI=1S/C14H17F2N3O3S/c1-14(15,16)13-17-7-10(8-18-13)12(20)19-11(9-3-4-9)5-6-23(2,21)22/h5-9,11H,3-4H2,1-2H3,(H,19,20)/b6-5+/t11-/m1/s1. The predicted octanol–water partition coefficient (Wildman–Crippen LogP) is 1.66. The molecule has 1 aliphatic rings. The summed E-state index contributed by atoms with van der Waals surface area (Å²) in [7, 11) is -3.29. The molecule has 0 bridgehead atoms. The van der Waals surface area contributed by atoms with Gasteiger partial charge in [0.05, 0.1) is 11.6 Å². The van der Waals surface area contributed by atoms with Crippen LogP contribution in [0.5, 0.6) is 0 Å². The molecule has 0 aromatic carbocycles. The fourth-order valence-electron chi connectivity index (χ4n) is 1.91. The number of nitrogens with one attached hydrogen (secondary N) is 1. The summed E-state index contributed by atoms with van der Waals surface area (Å²) in [5.41, 5.74) is 0.0383. The highest BCUT2D eigenvalue weighted by Crippen LogP contribution is 2.33. The summed E-state index contributed by atoms with van der Waals surface area (Å²) in [5, 5.41) is 3.72. The second-order valence-corrected chi connectivity index (χ2v) is 7.61. The van der Waals surface area contributed by atoms with Crippen LogP contribution in [0.25, 0.3) is 0 Å². The quantitative estimate of drug-likeness (QED) is 0.847. The van der Waals surface area contributed by atoms with E-state index in [9.17, 15) is 22.0 Å². The largest absolute Gasteiger partial charge is 0.345 e. The van der Waals surface area contributed by atoms with Crippen LogP contribution < -0.4 is 5.32 Å². The summed E-state index contributed by atoms with van der Waals surface area (Å²) in [5.74, 6) is -4.20. The first-order chi connectivity index (χ1) is 10.6. The Hall–Kier alpha value is -1.90. The van der Waals surface area contributed by atoms with Gasteiger partial charge in [-0.25, -0.2) is 18.4 Å². The molecule has 0 saturated heterocycles. The Morgan fingerprint density at radius 2 is 1.96 bits per heavy atom. The molecular formula is C14H17F2N3O3S. The van der Waals surface area contributed by atoms with E-state index < -0.39 is 33.5 Å². The van der Waals surface area contributed by atoms with Crippen molar-refractivity contribution in [1.29, 1.82) is 0 Å². The third kappa shape index (κ3) is 5.34. The van der Waals surface area contributed by atoms with E-state index in [2.05, 4.69) is 15.3 Å². The summed E-state index contributed by atoms with van der Waals surface area (Å²) in [4.78, 5) is 19.1. The minimum absolute atomic E-state index is 0.0383. The molecule has 23 heavy (non-hydrogen) atoms.